The third-order valence-electron chi connectivity index (χ3n) is 3.97. The molecule has 0 bridgehead atoms. The van der Waals surface area contributed by atoms with Gasteiger partial charge in [0.1, 0.15) is 11.9 Å². The Kier molecular flexibility index (Phi) is 4.34. The zero-order valence-corrected chi connectivity index (χ0v) is 14.3. The van der Waals surface area contributed by atoms with Crippen molar-refractivity contribution in [1.82, 2.24) is 0 Å². The van der Waals surface area contributed by atoms with Crippen molar-refractivity contribution < 1.29 is 9.53 Å². The van der Waals surface area contributed by atoms with Gasteiger partial charge in [0.15, 0.2) is 0 Å². The van der Waals surface area contributed by atoms with Crippen LogP contribution >= 0.6 is 0 Å². The normalized spacial score (nSPS) is 16.3. The quantitative estimate of drug-likeness (QED) is 0.851. The summed E-state index contributed by atoms with van der Waals surface area (Å²) in [5.41, 5.74) is 10.5. The van der Waals surface area contributed by atoms with Gasteiger partial charge in [-0.1, -0.05) is 6.07 Å². The lowest BCUT2D eigenvalue weighted by atomic mass is 10.1. The fraction of sp³-hybridized carbons (Fsp3) is 0.316. The van der Waals surface area contributed by atoms with Crippen molar-refractivity contribution in [3.63, 3.8) is 0 Å². The molecular formula is C19H23N3O2. The number of aryl methyl sites for hydroxylation is 2. The topological polar surface area (TPSA) is 67.6 Å². The largest absolute Gasteiger partial charge is 0.487 e. The smallest absolute Gasteiger partial charge is 0.243 e. The average molecular weight is 325 g/mol. The molecule has 3 rings (SSSR count). The number of hydrogen-bond acceptors (Lipinski definition) is 4. The maximum absolute atomic E-state index is 12.5. The van der Waals surface area contributed by atoms with Gasteiger partial charge in [-0.25, -0.2) is 0 Å². The minimum Gasteiger partial charge on any atom is -0.487 e. The summed E-state index contributed by atoms with van der Waals surface area (Å²) in [6.45, 7) is 6.97. The van der Waals surface area contributed by atoms with E-state index in [0.717, 1.165) is 28.3 Å². The number of anilines is 3. The molecule has 0 saturated heterocycles. The van der Waals surface area contributed by atoms with Crippen LogP contribution in [0, 0.1) is 13.8 Å². The van der Waals surface area contributed by atoms with Gasteiger partial charge in [-0.05, 0) is 56.2 Å². The summed E-state index contributed by atoms with van der Waals surface area (Å²) in [5.74, 6) is 0.685. The molecule has 2 aromatic carbocycles. The molecule has 1 aliphatic rings. The zero-order valence-electron chi connectivity index (χ0n) is 14.3. The lowest BCUT2D eigenvalue weighted by molar-refractivity contribution is -0.115. The molecule has 0 aliphatic carbocycles. The number of nitrogens with two attached hydrogens (primary N) is 1. The lowest BCUT2D eigenvalue weighted by Crippen LogP contribution is -2.42. The number of amides is 1. The van der Waals surface area contributed by atoms with Gasteiger partial charge in [0.25, 0.3) is 0 Å². The molecule has 3 N–H and O–H groups in total. The first kappa shape index (κ1) is 16.2. The standard InChI is InChI=1S/C19H23N3O2/c1-12-6-13(2)8-16(7-12)21-19(23)11-22-10-14(3)24-18-9-15(20)4-5-17(18)22/h4-9,14H,10-11,20H2,1-3H3,(H,21,23). The van der Waals surface area contributed by atoms with E-state index in [4.69, 9.17) is 10.5 Å². The maximum Gasteiger partial charge on any atom is 0.243 e. The SMILES string of the molecule is Cc1cc(C)cc(NC(=O)CN2CC(C)Oc3cc(N)ccc32)c1. The van der Waals surface area contributed by atoms with E-state index < -0.39 is 0 Å². The van der Waals surface area contributed by atoms with Crippen molar-refractivity contribution in [3.05, 3.63) is 47.5 Å². The van der Waals surface area contributed by atoms with Crippen LogP contribution in [0.3, 0.4) is 0 Å². The Morgan fingerprint density at radius 2 is 1.96 bits per heavy atom. The minimum absolute atomic E-state index is 0.00770. The Bertz CT molecular complexity index is 753. The van der Waals surface area contributed by atoms with E-state index in [1.807, 2.05) is 49.9 Å². The number of hydrogen-bond donors (Lipinski definition) is 2. The van der Waals surface area contributed by atoms with Gasteiger partial charge >= 0.3 is 0 Å². The van der Waals surface area contributed by atoms with Gasteiger partial charge in [0, 0.05) is 17.4 Å². The van der Waals surface area contributed by atoms with Gasteiger partial charge in [-0.3, -0.25) is 4.79 Å². The van der Waals surface area contributed by atoms with Crippen molar-refractivity contribution in [2.45, 2.75) is 26.9 Å². The first-order valence-electron chi connectivity index (χ1n) is 8.10. The van der Waals surface area contributed by atoms with Crippen molar-refractivity contribution in [3.8, 4) is 5.75 Å². The molecule has 1 atom stereocenters. The molecule has 0 fully saturated rings. The lowest BCUT2D eigenvalue weighted by Gasteiger charge is -2.34. The van der Waals surface area contributed by atoms with E-state index in [9.17, 15) is 4.79 Å². The van der Waals surface area contributed by atoms with E-state index in [1.165, 1.54) is 0 Å². The third-order valence-corrected chi connectivity index (χ3v) is 3.97. The number of rotatable bonds is 3. The highest BCUT2D eigenvalue weighted by Gasteiger charge is 2.24. The molecule has 1 amide bonds. The van der Waals surface area contributed by atoms with Gasteiger partial charge in [-0.2, -0.15) is 0 Å². The molecule has 0 spiro atoms. The molecular weight excluding hydrogens is 302 g/mol. The van der Waals surface area contributed by atoms with Crippen molar-refractivity contribution in [2.24, 2.45) is 0 Å². The molecule has 1 unspecified atom stereocenters. The van der Waals surface area contributed by atoms with Gasteiger partial charge in [0.2, 0.25) is 5.91 Å². The average Bonchev–Trinajstić information content (AvgIpc) is 2.44. The monoisotopic (exact) mass is 325 g/mol. The molecule has 24 heavy (non-hydrogen) atoms. The highest BCUT2D eigenvalue weighted by molar-refractivity contribution is 5.94. The molecule has 2 aromatic rings. The Balaban J connectivity index is 1.75. The Morgan fingerprint density at radius 1 is 1.25 bits per heavy atom. The predicted octanol–water partition coefficient (Wildman–Crippen LogP) is 3.11. The number of nitrogens with one attached hydrogen (secondary N) is 1. The molecule has 1 heterocycles. The fourth-order valence-electron chi connectivity index (χ4n) is 3.12. The molecule has 0 aromatic heterocycles. The number of benzene rings is 2. The number of carbonyl (C=O) groups is 1. The summed E-state index contributed by atoms with van der Waals surface area (Å²) in [6.07, 6.45) is 0.00770. The van der Waals surface area contributed by atoms with Crippen molar-refractivity contribution in [2.75, 3.05) is 29.0 Å². The summed E-state index contributed by atoms with van der Waals surface area (Å²) in [7, 11) is 0. The fourth-order valence-corrected chi connectivity index (χ4v) is 3.12. The first-order chi connectivity index (χ1) is 11.4. The van der Waals surface area contributed by atoms with Crippen LogP contribution in [0.1, 0.15) is 18.1 Å². The Morgan fingerprint density at radius 3 is 2.67 bits per heavy atom. The summed E-state index contributed by atoms with van der Waals surface area (Å²) < 4.78 is 5.82. The van der Waals surface area contributed by atoms with Gasteiger partial charge in [-0.15, -0.1) is 0 Å². The summed E-state index contributed by atoms with van der Waals surface area (Å²) in [5, 5.41) is 2.98. The summed E-state index contributed by atoms with van der Waals surface area (Å²) in [6, 6.07) is 11.6. The summed E-state index contributed by atoms with van der Waals surface area (Å²) in [4.78, 5) is 14.5. The minimum atomic E-state index is -0.0446. The number of fused-ring (bicyclic) bond motifs is 1. The maximum atomic E-state index is 12.5. The molecule has 5 nitrogen and oxygen atoms in total. The molecule has 0 saturated carbocycles. The van der Waals surface area contributed by atoms with Crippen LogP contribution in [0.25, 0.3) is 0 Å². The van der Waals surface area contributed by atoms with E-state index in [-0.39, 0.29) is 18.6 Å². The second kappa shape index (κ2) is 6.43. The highest BCUT2D eigenvalue weighted by Crippen LogP contribution is 2.34. The second-order valence-electron chi connectivity index (χ2n) is 6.46. The van der Waals surface area contributed by atoms with Crippen molar-refractivity contribution >= 4 is 23.0 Å². The van der Waals surface area contributed by atoms with E-state index >= 15 is 0 Å². The second-order valence-corrected chi connectivity index (χ2v) is 6.46. The predicted molar refractivity (Wildman–Crippen MR) is 97.7 cm³/mol. The third kappa shape index (κ3) is 3.62. The van der Waals surface area contributed by atoms with E-state index in [2.05, 4.69) is 11.4 Å². The molecule has 5 heteroatoms. The van der Waals surface area contributed by atoms with Crippen LogP contribution in [0.5, 0.6) is 5.75 Å². The van der Waals surface area contributed by atoms with Crippen LogP contribution in [-0.4, -0.2) is 25.1 Å². The molecule has 126 valence electrons. The van der Waals surface area contributed by atoms with Gasteiger partial charge in [0.05, 0.1) is 18.8 Å². The van der Waals surface area contributed by atoms with Crippen LogP contribution in [-0.2, 0) is 4.79 Å². The van der Waals surface area contributed by atoms with Crippen molar-refractivity contribution in [1.29, 1.82) is 0 Å². The number of carbonyl (C=O) groups excluding carboxylic acids is 1. The van der Waals surface area contributed by atoms with E-state index in [0.29, 0.717) is 12.2 Å². The number of ether oxygens (including phenoxy) is 1. The summed E-state index contributed by atoms with van der Waals surface area (Å²) >= 11 is 0. The van der Waals surface area contributed by atoms with Crippen LogP contribution in [0.4, 0.5) is 17.1 Å². The Labute approximate surface area is 142 Å². The zero-order chi connectivity index (χ0) is 17.3. The highest BCUT2D eigenvalue weighted by atomic mass is 16.5. The van der Waals surface area contributed by atoms with Crippen LogP contribution in [0.2, 0.25) is 0 Å². The Hall–Kier alpha value is -2.69. The van der Waals surface area contributed by atoms with E-state index in [1.54, 1.807) is 6.07 Å². The first-order valence-corrected chi connectivity index (χ1v) is 8.10. The number of nitrogen functional groups attached to an aromatic ring is 1. The van der Waals surface area contributed by atoms with Crippen LogP contribution < -0.4 is 20.7 Å². The molecule has 0 radical (unpaired) electrons. The number of nitrogens with zero attached hydrogens (tertiary/aromatic N) is 1. The van der Waals surface area contributed by atoms with Crippen LogP contribution in [0.15, 0.2) is 36.4 Å². The van der Waals surface area contributed by atoms with Gasteiger partial charge < -0.3 is 20.7 Å². The molecule has 1 aliphatic heterocycles.